The van der Waals surface area contributed by atoms with Crippen LogP contribution in [-0.4, -0.2) is 29.4 Å². The summed E-state index contributed by atoms with van der Waals surface area (Å²) in [4.78, 5) is 17.0. The van der Waals surface area contributed by atoms with Crippen molar-refractivity contribution in [3.05, 3.63) is 28.8 Å². The number of carbonyl (C=O) groups excluding carboxylic acids is 1. The number of aliphatic imine (C=N–C) groups is 1. The first kappa shape index (κ1) is 25.4. The second-order valence-electron chi connectivity index (χ2n) is 11.2. The summed E-state index contributed by atoms with van der Waals surface area (Å²) in [7, 11) is 0. The number of hydrogen-bond donors (Lipinski definition) is 1. The summed E-state index contributed by atoms with van der Waals surface area (Å²) >= 11 is 0. The van der Waals surface area contributed by atoms with Gasteiger partial charge in [0, 0.05) is 11.8 Å². The molecule has 0 spiro atoms. The molecule has 0 saturated heterocycles. The van der Waals surface area contributed by atoms with E-state index in [1.54, 1.807) is 0 Å². The summed E-state index contributed by atoms with van der Waals surface area (Å²) in [6, 6.07) is 4.17. The maximum Gasteiger partial charge on any atom is 0.311 e. The Labute approximate surface area is 189 Å². The van der Waals surface area contributed by atoms with Gasteiger partial charge in [-0.3, -0.25) is 9.79 Å². The minimum Gasteiger partial charge on any atom is -0.508 e. The topological polar surface area (TPSA) is 58.9 Å². The minimum absolute atomic E-state index is 0.0720. The van der Waals surface area contributed by atoms with Crippen molar-refractivity contribution in [3.63, 3.8) is 0 Å². The van der Waals surface area contributed by atoms with E-state index in [0.717, 1.165) is 31.4 Å². The predicted molar refractivity (Wildman–Crippen MR) is 129 cm³/mol. The highest BCUT2D eigenvalue weighted by Gasteiger charge is 2.26. The maximum atomic E-state index is 12.3. The number of hydrogen-bond acceptors (Lipinski definition) is 4. The van der Waals surface area contributed by atoms with Crippen LogP contribution in [-0.2, 0) is 26.8 Å². The van der Waals surface area contributed by atoms with Crippen LogP contribution in [0.4, 0.5) is 0 Å². The highest BCUT2D eigenvalue weighted by Crippen LogP contribution is 2.37. The van der Waals surface area contributed by atoms with Gasteiger partial charge in [-0.1, -0.05) is 60.8 Å². The first-order valence-electron chi connectivity index (χ1n) is 11.9. The zero-order valence-electron chi connectivity index (χ0n) is 20.8. The molecule has 0 aromatic heterocycles. The Balaban J connectivity index is 1.97. The highest BCUT2D eigenvalue weighted by molar-refractivity contribution is 5.97. The number of carbonyl (C=O) groups is 1. The molecule has 0 heterocycles. The van der Waals surface area contributed by atoms with Crippen molar-refractivity contribution in [2.45, 2.75) is 117 Å². The van der Waals surface area contributed by atoms with E-state index in [4.69, 9.17) is 9.73 Å². The van der Waals surface area contributed by atoms with Crippen molar-refractivity contribution in [2.24, 2.45) is 4.99 Å². The fourth-order valence-electron chi connectivity index (χ4n) is 4.53. The van der Waals surface area contributed by atoms with Crippen LogP contribution in [0, 0.1) is 0 Å². The summed E-state index contributed by atoms with van der Waals surface area (Å²) in [6.45, 7) is 15.4. The standard InChI is InChI=1S/C27H43NO3/c1-19(28-20-12-9-8-10-13-20)16-25(30)31-15-11-14-22-23(26(2,3)4)17-21(29)18-24(22)27(5,6)7/h17-18,20,29H,8-16H2,1-7H3. The zero-order chi connectivity index (χ0) is 23.2. The number of phenolic OH excluding ortho intramolecular Hbond substituents is 1. The van der Waals surface area contributed by atoms with Crippen LogP contribution >= 0.6 is 0 Å². The molecule has 2 rings (SSSR count). The van der Waals surface area contributed by atoms with Gasteiger partial charge in [-0.05, 0) is 72.3 Å². The first-order chi connectivity index (χ1) is 14.4. The Hall–Kier alpha value is -1.84. The molecule has 0 bridgehead atoms. The monoisotopic (exact) mass is 429 g/mol. The van der Waals surface area contributed by atoms with Crippen molar-refractivity contribution in [3.8, 4) is 5.75 Å². The fourth-order valence-corrected chi connectivity index (χ4v) is 4.53. The van der Waals surface area contributed by atoms with Gasteiger partial charge in [0.15, 0.2) is 0 Å². The Bertz CT molecular complexity index is 740. The molecule has 1 aliphatic rings. The lowest BCUT2D eigenvalue weighted by molar-refractivity contribution is -0.142. The van der Waals surface area contributed by atoms with Gasteiger partial charge in [0.05, 0.1) is 13.0 Å². The summed E-state index contributed by atoms with van der Waals surface area (Å²) in [5.41, 5.74) is 4.34. The van der Waals surface area contributed by atoms with E-state index in [9.17, 15) is 9.90 Å². The SMILES string of the molecule is CC(CC(=O)OCCCc1c(C(C)(C)C)cc(O)cc1C(C)(C)C)=NC1CCCCC1. The number of aromatic hydroxyl groups is 1. The number of benzene rings is 1. The van der Waals surface area contributed by atoms with Crippen molar-refractivity contribution in [1.29, 1.82) is 0 Å². The number of ether oxygens (including phenoxy) is 1. The van der Waals surface area contributed by atoms with Gasteiger partial charge in [-0.15, -0.1) is 0 Å². The van der Waals surface area contributed by atoms with E-state index in [1.807, 2.05) is 19.1 Å². The third-order valence-electron chi connectivity index (χ3n) is 6.06. The molecule has 174 valence electrons. The van der Waals surface area contributed by atoms with Crippen LogP contribution in [0.3, 0.4) is 0 Å². The molecule has 4 heteroatoms. The van der Waals surface area contributed by atoms with Crippen LogP contribution in [0.15, 0.2) is 17.1 Å². The van der Waals surface area contributed by atoms with Crippen molar-refractivity contribution in [1.82, 2.24) is 0 Å². The molecular weight excluding hydrogens is 386 g/mol. The van der Waals surface area contributed by atoms with Gasteiger partial charge in [0.25, 0.3) is 0 Å². The Kier molecular flexibility index (Phi) is 8.73. The van der Waals surface area contributed by atoms with E-state index in [-0.39, 0.29) is 23.2 Å². The van der Waals surface area contributed by atoms with E-state index < -0.39 is 0 Å². The van der Waals surface area contributed by atoms with Gasteiger partial charge in [-0.2, -0.15) is 0 Å². The lowest BCUT2D eigenvalue weighted by Gasteiger charge is -2.30. The van der Waals surface area contributed by atoms with E-state index in [2.05, 4.69) is 41.5 Å². The molecule has 0 aliphatic heterocycles. The second kappa shape index (κ2) is 10.7. The normalized spacial score (nSPS) is 16.4. The molecule has 0 unspecified atom stereocenters. The van der Waals surface area contributed by atoms with Crippen molar-refractivity contribution in [2.75, 3.05) is 6.61 Å². The average Bonchev–Trinajstić information content (AvgIpc) is 2.64. The zero-order valence-corrected chi connectivity index (χ0v) is 20.8. The molecule has 1 saturated carbocycles. The van der Waals surface area contributed by atoms with Gasteiger partial charge >= 0.3 is 5.97 Å². The lowest BCUT2D eigenvalue weighted by atomic mass is 9.75. The molecule has 1 aliphatic carbocycles. The molecule has 31 heavy (non-hydrogen) atoms. The average molecular weight is 430 g/mol. The molecule has 1 N–H and O–H groups in total. The molecule has 1 fully saturated rings. The number of esters is 1. The van der Waals surface area contributed by atoms with Gasteiger partial charge in [0.1, 0.15) is 5.75 Å². The van der Waals surface area contributed by atoms with Crippen LogP contribution in [0.25, 0.3) is 0 Å². The van der Waals surface area contributed by atoms with Gasteiger partial charge < -0.3 is 9.84 Å². The summed E-state index contributed by atoms with van der Waals surface area (Å²) < 4.78 is 5.53. The van der Waals surface area contributed by atoms with E-state index in [1.165, 1.54) is 36.0 Å². The van der Waals surface area contributed by atoms with E-state index >= 15 is 0 Å². The minimum atomic E-state index is -0.185. The highest BCUT2D eigenvalue weighted by atomic mass is 16.5. The molecule has 0 atom stereocenters. The van der Waals surface area contributed by atoms with Crippen molar-refractivity contribution >= 4 is 11.7 Å². The van der Waals surface area contributed by atoms with E-state index in [0.29, 0.717) is 18.4 Å². The lowest BCUT2D eigenvalue weighted by Crippen LogP contribution is -2.21. The second-order valence-corrected chi connectivity index (χ2v) is 11.2. The summed E-state index contributed by atoms with van der Waals surface area (Å²) in [5.74, 6) is 0.132. The van der Waals surface area contributed by atoms with Gasteiger partial charge in [0.2, 0.25) is 0 Å². The largest absolute Gasteiger partial charge is 0.508 e. The van der Waals surface area contributed by atoms with Crippen molar-refractivity contribution < 1.29 is 14.6 Å². The molecule has 1 aromatic rings. The summed E-state index contributed by atoms with van der Waals surface area (Å²) in [5, 5.41) is 10.3. The number of phenols is 1. The number of rotatable bonds is 7. The Morgan fingerprint density at radius 3 is 2.10 bits per heavy atom. The first-order valence-corrected chi connectivity index (χ1v) is 11.9. The third-order valence-corrected chi connectivity index (χ3v) is 6.06. The molecule has 0 amide bonds. The van der Waals surface area contributed by atoms with Gasteiger partial charge in [-0.25, -0.2) is 0 Å². The predicted octanol–water partition coefficient (Wildman–Crippen LogP) is 6.65. The molecule has 1 aromatic carbocycles. The molecular formula is C27H43NO3. The third kappa shape index (κ3) is 7.97. The summed E-state index contributed by atoms with van der Waals surface area (Å²) in [6.07, 6.45) is 7.96. The molecule has 4 nitrogen and oxygen atoms in total. The smallest absolute Gasteiger partial charge is 0.311 e. The number of nitrogens with zero attached hydrogens (tertiary/aromatic N) is 1. The van der Waals surface area contributed by atoms with Crippen LogP contribution in [0.1, 0.15) is 110 Å². The fraction of sp³-hybridized carbons (Fsp3) is 0.704. The molecule has 0 radical (unpaired) electrons. The Morgan fingerprint density at radius 1 is 1.03 bits per heavy atom. The van der Waals surface area contributed by atoms with Crippen LogP contribution in [0.5, 0.6) is 5.75 Å². The van der Waals surface area contributed by atoms with Crippen LogP contribution < -0.4 is 0 Å². The van der Waals surface area contributed by atoms with Crippen LogP contribution in [0.2, 0.25) is 0 Å². The quantitative estimate of drug-likeness (QED) is 0.300. The maximum absolute atomic E-state index is 12.3. The Morgan fingerprint density at radius 2 is 1.58 bits per heavy atom.